The molecule has 3 aromatic carbocycles. The van der Waals surface area contributed by atoms with Crippen molar-refractivity contribution in [1.82, 2.24) is 14.9 Å². The zero-order chi connectivity index (χ0) is 23.9. The van der Waals surface area contributed by atoms with Crippen molar-refractivity contribution in [2.75, 3.05) is 50.0 Å². The Morgan fingerprint density at radius 3 is 2.49 bits per heavy atom. The standard InChI is InChI=1S/C29H34N4OS/c1-2-22-35-28-11-6-5-10-27(28)33-19-17-32(18-20-33)16-7-21-34-24-14-12-23(13-15-24)29-30-25-8-3-4-9-26(25)31-29/h3-6,8-15H,2,7,16-22H2,1H3,(H,30,31). The number of para-hydroxylation sites is 3. The van der Waals surface area contributed by atoms with E-state index in [9.17, 15) is 0 Å². The number of anilines is 1. The number of piperazine rings is 1. The van der Waals surface area contributed by atoms with E-state index in [1.807, 2.05) is 42.1 Å². The third-order valence-electron chi connectivity index (χ3n) is 6.44. The average molecular weight is 487 g/mol. The van der Waals surface area contributed by atoms with Crippen molar-refractivity contribution in [3.8, 4) is 17.1 Å². The summed E-state index contributed by atoms with van der Waals surface area (Å²) in [4.78, 5) is 14.6. The number of fused-ring (bicyclic) bond motifs is 1. The van der Waals surface area contributed by atoms with Crippen LogP contribution in [0, 0.1) is 0 Å². The SMILES string of the molecule is CCCSc1ccccc1N1CCN(CCCOc2ccc(-c3nc4ccccc4[nH]3)cc2)CC1. The molecule has 1 saturated heterocycles. The summed E-state index contributed by atoms with van der Waals surface area (Å²) in [5, 5.41) is 0. The molecule has 1 fully saturated rings. The van der Waals surface area contributed by atoms with Crippen LogP contribution in [0.25, 0.3) is 22.4 Å². The number of aromatic nitrogens is 2. The first-order chi connectivity index (χ1) is 17.3. The summed E-state index contributed by atoms with van der Waals surface area (Å²) in [5.74, 6) is 2.99. The first kappa shape index (κ1) is 23.8. The lowest BCUT2D eigenvalue weighted by Gasteiger charge is -2.37. The zero-order valence-electron chi connectivity index (χ0n) is 20.5. The molecule has 0 unspecified atom stereocenters. The minimum atomic E-state index is 0.737. The van der Waals surface area contributed by atoms with Gasteiger partial charge in [-0.25, -0.2) is 4.98 Å². The third-order valence-corrected chi connectivity index (χ3v) is 7.71. The van der Waals surface area contributed by atoms with Crippen molar-refractivity contribution in [2.45, 2.75) is 24.7 Å². The van der Waals surface area contributed by atoms with Crippen LogP contribution in [0.15, 0.2) is 77.7 Å². The van der Waals surface area contributed by atoms with Crippen molar-refractivity contribution in [2.24, 2.45) is 0 Å². The molecule has 0 aliphatic carbocycles. The number of benzene rings is 3. The molecule has 0 atom stereocenters. The molecular formula is C29H34N4OS. The van der Waals surface area contributed by atoms with Crippen molar-refractivity contribution in [1.29, 1.82) is 0 Å². The van der Waals surface area contributed by atoms with Crippen LogP contribution in [-0.4, -0.2) is 60.0 Å². The van der Waals surface area contributed by atoms with Crippen LogP contribution < -0.4 is 9.64 Å². The number of imidazole rings is 1. The molecule has 5 rings (SSSR count). The molecule has 0 saturated carbocycles. The summed E-state index contributed by atoms with van der Waals surface area (Å²) >= 11 is 1.98. The van der Waals surface area contributed by atoms with E-state index >= 15 is 0 Å². The normalized spacial score (nSPS) is 14.5. The van der Waals surface area contributed by atoms with Gasteiger partial charge in [0.15, 0.2) is 0 Å². The number of aromatic amines is 1. The first-order valence-corrected chi connectivity index (χ1v) is 13.7. The number of thioether (sulfide) groups is 1. The van der Waals surface area contributed by atoms with Crippen LogP contribution in [0.3, 0.4) is 0 Å². The van der Waals surface area contributed by atoms with E-state index in [1.54, 1.807) is 0 Å². The van der Waals surface area contributed by atoms with Crippen LogP contribution in [0.4, 0.5) is 5.69 Å². The lowest BCUT2D eigenvalue weighted by Crippen LogP contribution is -2.47. The largest absolute Gasteiger partial charge is 0.494 e. The number of H-pyrrole nitrogens is 1. The number of ether oxygens (including phenoxy) is 1. The van der Waals surface area contributed by atoms with Gasteiger partial charge in [-0.1, -0.05) is 31.2 Å². The van der Waals surface area contributed by atoms with Crippen molar-refractivity contribution >= 4 is 28.5 Å². The molecular weight excluding hydrogens is 452 g/mol. The number of rotatable bonds is 10. The number of hydrogen-bond acceptors (Lipinski definition) is 5. The fraction of sp³-hybridized carbons (Fsp3) is 0.345. The highest BCUT2D eigenvalue weighted by Gasteiger charge is 2.19. The van der Waals surface area contributed by atoms with E-state index in [0.29, 0.717) is 0 Å². The van der Waals surface area contributed by atoms with E-state index in [4.69, 9.17) is 4.74 Å². The highest BCUT2D eigenvalue weighted by molar-refractivity contribution is 7.99. The monoisotopic (exact) mass is 486 g/mol. The smallest absolute Gasteiger partial charge is 0.138 e. The topological polar surface area (TPSA) is 44.4 Å². The highest BCUT2D eigenvalue weighted by Crippen LogP contribution is 2.31. The maximum atomic E-state index is 6.02. The second-order valence-corrected chi connectivity index (χ2v) is 10.1. The summed E-state index contributed by atoms with van der Waals surface area (Å²) < 4.78 is 6.02. The highest BCUT2D eigenvalue weighted by atomic mass is 32.2. The molecule has 1 aliphatic heterocycles. The Morgan fingerprint density at radius 2 is 1.69 bits per heavy atom. The minimum Gasteiger partial charge on any atom is -0.494 e. The van der Waals surface area contributed by atoms with Crippen molar-refractivity contribution in [3.05, 3.63) is 72.8 Å². The van der Waals surface area contributed by atoms with Gasteiger partial charge >= 0.3 is 0 Å². The molecule has 0 spiro atoms. The fourth-order valence-corrected chi connectivity index (χ4v) is 5.49. The van der Waals surface area contributed by atoms with Crippen molar-refractivity contribution < 1.29 is 4.74 Å². The molecule has 35 heavy (non-hydrogen) atoms. The summed E-state index contributed by atoms with van der Waals surface area (Å²) in [5.41, 5.74) is 4.52. The van der Waals surface area contributed by atoms with E-state index < -0.39 is 0 Å². The summed E-state index contributed by atoms with van der Waals surface area (Å²) in [7, 11) is 0. The quantitative estimate of drug-likeness (QED) is 0.210. The lowest BCUT2D eigenvalue weighted by molar-refractivity contribution is 0.224. The maximum absolute atomic E-state index is 6.02. The summed E-state index contributed by atoms with van der Waals surface area (Å²) in [6.07, 6.45) is 2.24. The minimum absolute atomic E-state index is 0.737. The Bertz CT molecular complexity index is 1180. The number of nitrogens with one attached hydrogen (secondary N) is 1. The Morgan fingerprint density at radius 1 is 0.914 bits per heavy atom. The van der Waals surface area contributed by atoms with Gasteiger partial charge in [0, 0.05) is 43.2 Å². The molecule has 0 radical (unpaired) electrons. The molecule has 6 heteroatoms. The molecule has 2 heterocycles. The Labute approximate surface area is 212 Å². The van der Waals surface area contributed by atoms with E-state index in [-0.39, 0.29) is 0 Å². The predicted octanol–water partition coefficient (Wildman–Crippen LogP) is 6.32. The molecule has 1 aromatic heterocycles. The van der Waals surface area contributed by atoms with Gasteiger partial charge in [0.25, 0.3) is 0 Å². The van der Waals surface area contributed by atoms with Gasteiger partial charge in [-0.05, 0) is 67.1 Å². The second-order valence-electron chi connectivity index (χ2n) is 8.97. The Hall–Kier alpha value is -2.96. The molecule has 4 aromatic rings. The van der Waals surface area contributed by atoms with Gasteiger partial charge in [-0.15, -0.1) is 11.8 Å². The zero-order valence-corrected chi connectivity index (χ0v) is 21.3. The van der Waals surface area contributed by atoms with Gasteiger partial charge in [-0.2, -0.15) is 0 Å². The van der Waals surface area contributed by atoms with Crippen LogP contribution in [0.2, 0.25) is 0 Å². The third kappa shape index (κ3) is 6.00. The van der Waals surface area contributed by atoms with Gasteiger partial charge in [0.2, 0.25) is 0 Å². The maximum Gasteiger partial charge on any atom is 0.138 e. The summed E-state index contributed by atoms with van der Waals surface area (Å²) in [6.45, 7) is 8.47. The number of hydrogen-bond donors (Lipinski definition) is 1. The number of nitrogens with zero attached hydrogens (tertiary/aromatic N) is 3. The molecule has 0 bridgehead atoms. The summed E-state index contributed by atoms with van der Waals surface area (Å²) in [6, 6.07) is 25.2. The van der Waals surface area contributed by atoms with Crippen LogP contribution in [-0.2, 0) is 0 Å². The molecule has 182 valence electrons. The molecule has 0 amide bonds. The predicted molar refractivity (Wildman–Crippen MR) is 148 cm³/mol. The van der Waals surface area contributed by atoms with Crippen LogP contribution in [0.1, 0.15) is 19.8 Å². The van der Waals surface area contributed by atoms with Gasteiger partial charge in [0.1, 0.15) is 11.6 Å². The second kappa shape index (κ2) is 11.6. The fourth-order valence-electron chi connectivity index (χ4n) is 4.54. The molecule has 5 nitrogen and oxygen atoms in total. The van der Waals surface area contributed by atoms with Crippen LogP contribution >= 0.6 is 11.8 Å². The Kier molecular flexibility index (Phi) is 7.91. The first-order valence-electron chi connectivity index (χ1n) is 12.7. The van der Waals surface area contributed by atoms with E-state index in [0.717, 1.165) is 73.9 Å². The van der Waals surface area contributed by atoms with Gasteiger partial charge in [-0.3, -0.25) is 4.90 Å². The van der Waals surface area contributed by atoms with E-state index in [1.165, 1.54) is 22.8 Å². The van der Waals surface area contributed by atoms with E-state index in [2.05, 4.69) is 69.2 Å². The molecule has 1 N–H and O–H groups in total. The lowest BCUT2D eigenvalue weighted by atomic mass is 10.2. The van der Waals surface area contributed by atoms with Crippen LogP contribution in [0.5, 0.6) is 5.75 Å². The molecule has 1 aliphatic rings. The van der Waals surface area contributed by atoms with Gasteiger partial charge < -0.3 is 14.6 Å². The average Bonchev–Trinajstić information content (AvgIpc) is 3.35. The van der Waals surface area contributed by atoms with Crippen molar-refractivity contribution in [3.63, 3.8) is 0 Å². The van der Waals surface area contributed by atoms with Gasteiger partial charge in [0.05, 0.1) is 23.3 Å². The Balaban J connectivity index is 1.05.